The molecule has 2 fully saturated rings. The van der Waals surface area contributed by atoms with Crippen molar-refractivity contribution in [3.8, 4) is 11.5 Å². The second-order valence-electron chi connectivity index (χ2n) is 13.1. The lowest BCUT2D eigenvalue weighted by atomic mass is 9.88. The number of fused-ring (bicyclic) bond motifs is 2. The van der Waals surface area contributed by atoms with E-state index >= 15 is 0 Å². The minimum Gasteiger partial charge on any atom is -0.444 e. The number of hydrazone groups is 1. The standard InChI is InChI=1S/C34H35ClF3N7O3/c1-33(41-32(31(37)38)42-43-33)28-15-25-26(16-39-28)45(17-21-10-13-46-21)29(40-25)18-44-11-8-19(9-12-44)22-4-3-5-27-30(22)48-34(2,47-27)23-7-6-20(35)14-24(23)36/h3-7,14-16,19,21,31,43H,8-13,17-18H2,1-2H3,(H,41,42). The molecule has 10 nitrogen and oxygen atoms in total. The number of nitrogens with one attached hydrogen (secondary N) is 2. The topological polar surface area (TPSA) is 98.1 Å². The van der Waals surface area contributed by atoms with E-state index in [-0.39, 0.29) is 17.6 Å². The summed E-state index contributed by atoms with van der Waals surface area (Å²) in [7, 11) is 0. The molecule has 0 spiro atoms. The number of benzene rings is 2. The molecule has 0 bridgehead atoms. The van der Waals surface area contributed by atoms with E-state index < -0.39 is 29.5 Å². The molecule has 4 aliphatic rings. The Morgan fingerprint density at radius 1 is 1.08 bits per heavy atom. The van der Waals surface area contributed by atoms with Gasteiger partial charge in [0.05, 0.1) is 47.7 Å². The molecule has 48 heavy (non-hydrogen) atoms. The average molecular weight is 682 g/mol. The summed E-state index contributed by atoms with van der Waals surface area (Å²) in [5.41, 5.74) is 5.16. The van der Waals surface area contributed by atoms with E-state index in [1.165, 1.54) is 6.07 Å². The van der Waals surface area contributed by atoms with Crippen molar-refractivity contribution in [1.29, 1.82) is 0 Å². The molecule has 4 aromatic rings. The Morgan fingerprint density at radius 2 is 1.90 bits per heavy atom. The number of pyridine rings is 1. The number of piperidine rings is 1. The van der Waals surface area contributed by atoms with Crippen molar-refractivity contribution >= 4 is 28.5 Å². The van der Waals surface area contributed by atoms with Crippen LogP contribution >= 0.6 is 11.6 Å². The molecule has 4 aliphatic heterocycles. The molecule has 2 aromatic carbocycles. The molecule has 6 heterocycles. The van der Waals surface area contributed by atoms with Crippen LogP contribution in [0.5, 0.6) is 11.5 Å². The third kappa shape index (κ3) is 5.51. The van der Waals surface area contributed by atoms with Crippen LogP contribution in [-0.4, -0.2) is 57.5 Å². The molecule has 252 valence electrons. The molecule has 2 aromatic heterocycles. The van der Waals surface area contributed by atoms with Crippen molar-refractivity contribution in [1.82, 2.24) is 30.2 Å². The lowest BCUT2D eigenvalue weighted by Gasteiger charge is -2.33. The first kappa shape index (κ1) is 31.2. The zero-order valence-corrected chi connectivity index (χ0v) is 27.2. The van der Waals surface area contributed by atoms with Gasteiger partial charge < -0.3 is 24.1 Å². The third-order valence-corrected chi connectivity index (χ3v) is 10.0. The third-order valence-electron chi connectivity index (χ3n) is 9.81. The van der Waals surface area contributed by atoms with Gasteiger partial charge in [-0.15, -0.1) is 0 Å². The largest absolute Gasteiger partial charge is 0.444 e. The fourth-order valence-corrected chi connectivity index (χ4v) is 7.21. The van der Waals surface area contributed by atoms with E-state index in [9.17, 15) is 13.2 Å². The molecule has 3 unspecified atom stereocenters. The number of hydrogen-bond acceptors (Lipinski definition) is 9. The maximum Gasteiger partial charge on any atom is 0.296 e. The fourth-order valence-electron chi connectivity index (χ4n) is 7.05. The van der Waals surface area contributed by atoms with Crippen LogP contribution in [-0.2, 0) is 29.3 Å². The van der Waals surface area contributed by atoms with Crippen LogP contribution in [0.2, 0.25) is 5.02 Å². The molecular formula is C34H35ClF3N7O3. The highest BCUT2D eigenvalue weighted by Crippen LogP contribution is 2.50. The van der Waals surface area contributed by atoms with Gasteiger partial charge in [0, 0.05) is 24.1 Å². The Hall–Kier alpha value is -4.07. The van der Waals surface area contributed by atoms with Gasteiger partial charge in [-0.2, -0.15) is 5.10 Å². The van der Waals surface area contributed by atoms with Crippen LogP contribution in [0.3, 0.4) is 0 Å². The van der Waals surface area contributed by atoms with E-state index in [1.54, 1.807) is 32.2 Å². The molecule has 2 N–H and O–H groups in total. The molecule has 0 radical (unpaired) electrons. The van der Waals surface area contributed by atoms with Crippen LogP contribution in [0.1, 0.15) is 61.7 Å². The molecule has 14 heteroatoms. The van der Waals surface area contributed by atoms with Crippen LogP contribution in [0.4, 0.5) is 13.2 Å². The summed E-state index contributed by atoms with van der Waals surface area (Å²) in [6.07, 6.45) is 1.91. The fraction of sp³-hybridized carbons (Fsp3) is 0.441. The number of halogens is 4. The minimum atomic E-state index is -2.72. The Morgan fingerprint density at radius 3 is 2.60 bits per heavy atom. The van der Waals surface area contributed by atoms with Gasteiger partial charge in [-0.3, -0.25) is 15.3 Å². The summed E-state index contributed by atoms with van der Waals surface area (Å²) in [6, 6.07) is 12.2. The van der Waals surface area contributed by atoms with Gasteiger partial charge in [0.15, 0.2) is 23.0 Å². The van der Waals surface area contributed by atoms with Gasteiger partial charge in [0.1, 0.15) is 11.6 Å². The second kappa shape index (κ2) is 11.8. The highest BCUT2D eigenvalue weighted by Gasteiger charge is 2.43. The van der Waals surface area contributed by atoms with Gasteiger partial charge in [-0.1, -0.05) is 23.7 Å². The van der Waals surface area contributed by atoms with E-state index in [2.05, 4.69) is 36.4 Å². The van der Waals surface area contributed by atoms with Crippen molar-refractivity contribution in [3.63, 3.8) is 0 Å². The Balaban J connectivity index is 0.991. The zero-order valence-electron chi connectivity index (χ0n) is 26.5. The predicted octanol–water partition coefficient (Wildman–Crippen LogP) is 5.98. The van der Waals surface area contributed by atoms with Crippen LogP contribution in [0.25, 0.3) is 11.0 Å². The van der Waals surface area contributed by atoms with E-state index in [4.69, 9.17) is 30.8 Å². The summed E-state index contributed by atoms with van der Waals surface area (Å²) in [4.78, 5) is 12.0. The molecular weight excluding hydrogens is 647 g/mol. The van der Waals surface area contributed by atoms with Crippen molar-refractivity contribution in [2.75, 3.05) is 19.7 Å². The van der Waals surface area contributed by atoms with Gasteiger partial charge in [-0.05, 0) is 75.5 Å². The van der Waals surface area contributed by atoms with E-state index in [0.717, 1.165) is 61.4 Å². The quantitative estimate of drug-likeness (QED) is 0.235. The first-order valence-electron chi connectivity index (χ1n) is 16.2. The van der Waals surface area contributed by atoms with Crippen molar-refractivity contribution < 1.29 is 27.4 Å². The molecule has 0 amide bonds. The number of hydrogen-bond donors (Lipinski definition) is 2. The maximum atomic E-state index is 14.9. The van der Waals surface area contributed by atoms with E-state index in [0.29, 0.717) is 35.3 Å². The van der Waals surface area contributed by atoms with Gasteiger partial charge >= 0.3 is 0 Å². The van der Waals surface area contributed by atoms with E-state index in [1.807, 2.05) is 18.2 Å². The summed E-state index contributed by atoms with van der Waals surface area (Å²) < 4.78 is 61.9. The molecule has 2 saturated heterocycles. The normalized spacial score (nSPS) is 25.6. The highest BCUT2D eigenvalue weighted by atomic mass is 35.5. The number of alkyl halides is 2. The number of amidine groups is 1. The summed E-state index contributed by atoms with van der Waals surface area (Å²) >= 11 is 5.99. The summed E-state index contributed by atoms with van der Waals surface area (Å²) in [5.74, 6) is 0.193. The summed E-state index contributed by atoms with van der Waals surface area (Å²) in [5, 5.41) is 6.83. The first-order chi connectivity index (χ1) is 23.1. The molecule has 8 rings (SSSR count). The second-order valence-corrected chi connectivity index (χ2v) is 13.6. The highest BCUT2D eigenvalue weighted by molar-refractivity contribution is 6.30. The number of rotatable bonds is 8. The Kier molecular flexibility index (Phi) is 7.68. The minimum absolute atomic E-state index is 0.110. The van der Waals surface area contributed by atoms with Gasteiger partial charge in [0.25, 0.3) is 12.2 Å². The van der Waals surface area contributed by atoms with Crippen molar-refractivity contribution in [3.05, 3.63) is 82.1 Å². The SMILES string of the molecule is CC1(c2cc3nc(CN4CCC(c5cccc6c5OC(C)(c5ccc(Cl)cc5F)O6)CC4)n(CC4CCO4)c3cn2)NN=C(C(F)F)N1. The zero-order chi connectivity index (χ0) is 33.2. The number of nitrogens with zero attached hydrogens (tertiary/aromatic N) is 5. The maximum absolute atomic E-state index is 14.9. The average Bonchev–Trinajstić information content (AvgIpc) is 3.72. The van der Waals surface area contributed by atoms with Crippen LogP contribution < -0.4 is 20.2 Å². The number of imidazole rings is 1. The predicted molar refractivity (Wildman–Crippen MR) is 173 cm³/mol. The number of aromatic nitrogens is 3. The Bertz CT molecular complexity index is 1910. The van der Waals surface area contributed by atoms with Crippen LogP contribution in [0, 0.1) is 5.82 Å². The number of ether oxygens (including phenoxy) is 3. The smallest absolute Gasteiger partial charge is 0.296 e. The number of likely N-dealkylation sites (tertiary alicyclic amines) is 1. The van der Waals surface area contributed by atoms with Crippen molar-refractivity contribution in [2.24, 2.45) is 5.10 Å². The molecule has 0 saturated carbocycles. The Labute approximate surface area is 280 Å². The van der Waals surface area contributed by atoms with Gasteiger partial charge in [-0.25, -0.2) is 18.2 Å². The monoisotopic (exact) mass is 681 g/mol. The lowest BCUT2D eigenvalue weighted by molar-refractivity contribution is -0.0712. The van der Waals surface area contributed by atoms with Crippen LogP contribution in [0.15, 0.2) is 53.8 Å². The molecule has 3 atom stereocenters. The lowest BCUT2D eigenvalue weighted by Crippen LogP contribution is -2.47. The van der Waals surface area contributed by atoms with Gasteiger partial charge in [0.2, 0.25) is 0 Å². The van der Waals surface area contributed by atoms with Crippen molar-refractivity contribution in [2.45, 2.75) is 76.1 Å². The molecule has 0 aliphatic carbocycles. The first-order valence-corrected chi connectivity index (χ1v) is 16.5. The number of para-hydroxylation sites is 1. The summed E-state index contributed by atoms with van der Waals surface area (Å²) in [6.45, 7) is 7.17.